The molecule has 0 unspecified atom stereocenters. The third-order valence-electron chi connectivity index (χ3n) is 6.36. The number of carbonyl (C=O) groups excluding carboxylic acids is 1. The summed E-state index contributed by atoms with van der Waals surface area (Å²) in [6, 6.07) is 0. The van der Waals surface area contributed by atoms with Gasteiger partial charge >= 0.3 is 0 Å². The van der Waals surface area contributed by atoms with Crippen LogP contribution >= 0.6 is 0 Å². The number of anilines is 1. The Hall–Kier alpha value is -2.06. The summed E-state index contributed by atoms with van der Waals surface area (Å²) >= 11 is 0. The zero-order valence-electron chi connectivity index (χ0n) is 16.9. The zero-order chi connectivity index (χ0) is 20.5. The van der Waals surface area contributed by atoms with Crippen LogP contribution in [0, 0.1) is 23.7 Å². The van der Waals surface area contributed by atoms with E-state index in [0.29, 0.717) is 36.6 Å². The number of rotatable bonds is 5. The van der Waals surface area contributed by atoms with Crippen LogP contribution in [0.25, 0.3) is 0 Å². The molecule has 0 radical (unpaired) electrons. The lowest BCUT2D eigenvalue weighted by Crippen LogP contribution is -2.37. The van der Waals surface area contributed by atoms with Crippen LogP contribution in [0.2, 0.25) is 0 Å². The summed E-state index contributed by atoms with van der Waals surface area (Å²) in [7, 11) is 0. The number of nitrogens with one attached hydrogen (secondary N) is 1. The summed E-state index contributed by atoms with van der Waals surface area (Å²) in [5, 5.41) is 9.75. The maximum Gasteiger partial charge on any atom is 0.290 e. The normalized spacial score (nSPS) is 27.4. The highest BCUT2D eigenvalue weighted by atomic mass is 16.5. The SMILES string of the molecule is O=C(C[C@@H]1COC[C@H]2CN(CC3CCCCC3)C[C@@H]12)Nc1cnccn1.O=CO. The Kier molecular flexibility index (Phi) is 8.37. The topological polar surface area (TPSA) is 105 Å². The Balaban J connectivity index is 0.000000755. The Morgan fingerprint density at radius 2 is 2.03 bits per heavy atom. The minimum Gasteiger partial charge on any atom is -0.483 e. The van der Waals surface area contributed by atoms with Gasteiger partial charge in [0, 0.05) is 38.4 Å². The highest BCUT2D eigenvalue weighted by Crippen LogP contribution is 2.37. The number of likely N-dealkylation sites (tertiary alicyclic amines) is 1. The van der Waals surface area contributed by atoms with Crippen molar-refractivity contribution >= 4 is 18.2 Å². The summed E-state index contributed by atoms with van der Waals surface area (Å²) in [5.74, 6) is 2.90. The first-order valence-electron chi connectivity index (χ1n) is 10.6. The van der Waals surface area contributed by atoms with Gasteiger partial charge in [-0.1, -0.05) is 19.3 Å². The van der Waals surface area contributed by atoms with Crippen molar-refractivity contribution in [2.45, 2.75) is 38.5 Å². The fourth-order valence-corrected chi connectivity index (χ4v) is 5.08. The monoisotopic (exact) mass is 404 g/mol. The van der Waals surface area contributed by atoms with Gasteiger partial charge in [-0.3, -0.25) is 14.6 Å². The number of hydrogen-bond donors (Lipinski definition) is 2. The van der Waals surface area contributed by atoms with Gasteiger partial charge in [-0.2, -0.15) is 0 Å². The van der Waals surface area contributed by atoms with Crippen molar-refractivity contribution in [3.05, 3.63) is 18.6 Å². The zero-order valence-corrected chi connectivity index (χ0v) is 16.9. The first-order chi connectivity index (χ1) is 14.2. The number of carboxylic acid groups (broad SMARTS) is 1. The molecular weight excluding hydrogens is 372 g/mol. The van der Waals surface area contributed by atoms with Crippen LogP contribution in [-0.2, 0) is 14.3 Å². The van der Waals surface area contributed by atoms with Crippen molar-refractivity contribution in [1.82, 2.24) is 14.9 Å². The van der Waals surface area contributed by atoms with Crippen molar-refractivity contribution < 1.29 is 19.4 Å². The molecule has 3 aliphatic rings. The van der Waals surface area contributed by atoms with Gasteiger partial charge in [-0.25, -0.2) is 4.98 Å². The minimum absolute atomic E-state index is 0.0190. The van der Waals surface area contributed by atoms with E-state index < -0.39 is 0 Å². The van der Waals surface area contributed by atoms with E-state index >= 15 is 0 Å². The molecule has 8 nitrogen and oxygen atoms in total. The van der Waals surface area contributed by atoms with Crippen molar-refractivity contribution in [2.75, 3.05) is 38.2 Å². The molecule has 29 heavy (non-hydrogen) atoms. The van der Waals surface area contributed by atoms with Crippen LogP contribution in [0.5, 0.6) is 0 Å². The molecule has 3 atom stereocenters. The minimum atomic E-state index is -0.250. The Morgan fingerprint density at radius 3 is 2.76 bits per heavy atom. The van der Waals surface area contributed by atoms with E-state index in [1.807, 2.05) is 0 Å². The van der Waals surface area contributed by atoms with Crippen molar-refractivity contribution in [1.29, 1.82) is 0 Å². The van der Waals surface area contributed by atoms with E-state index in [4.69, 9.17) is 14.6 Å². The smallest absolute Gasteiger partial charge is 0.290 e. The van der Waals surface area contributed by atoms with Crippen LogP contribution in [0.3, 0.4) is 0 Å². The number of ether oxygens (including phenoxy) is 1. The molecule has 160 valence electrons. The van der Waals surface area contributed by atoms with E-state index in [1.165, 1.54) is 38.6 Å². The predicted octanol–water partition coefficient (Wildman–Crippen LogP) is 2.28. The largest absolute Gasteiger partial charge is 0.483 e. The maximum atomic E-state index is 12.4. The fraction of sp³-hybridized carbons (Fsp3) is 0.714. The molecule has 0 aromatic carbocycles. The molecule has 3 heterocycles. The van der Waals surface area contributed by atoms with Gasteiger partial charge in [0.15, 0.2) is 5.82 Å². The van der Waals surface area contributed by atoms with E-state index in [-0.39, 0.29) is 12.4 Å². The molecular formula is C21H32N4O4. The Bertz CT molecular complexity index is 639. The first-order valence-corrected chi connectivity index (χ1v) is 10.6. The van der Waals surface area contributed by atoms with Crippen LogP contribution in [-0.4, -0.2) is 65.2 Å². The second kappa shape index (κ2) is 11.2. The third kappa shape index (κ3) is 6.47. The van der Waals surface area contributed by atoms with E-state index in [2.05, 4.69) is 20.2 Å². The molecule has 2 saturated heterocycles. The highest BCUT2D eigenvalue weighted by molar-refractivity contribution is 5.89. The molecule has 1 saturated carbocycles. The number of aromatic nitrogens is 2. The lowest BCUT2D eigenvalue weighted by atomic mass is 9.81. The Labute approximate surface area is 172 Å². The van der Waals surface area contributed by atoms with Crippen molar-refractivity contribution in [2.24, 2.45) is 23.7 Å². The van der Waals surface area contributed by atoms with Crippen molar-refractivity contribution in [3.8, 4) is 0 Å². The molecule has 0 bridgehead atoms. The van der Waals surface area contributed by atoms with Crippen molar-refractivity contribution in [3.63, 3.8) is 0 Å². The van der Waals surface area contributed by atoms with Gasteiger partial charge < -0.3 is 20.1 Å². The number of amides is 1. The molecule has 1 amide bonds. The average Bonchev–Trinajstić information content (AvgIpc) is 3.13. The second-order valence-corrected chi connectivity index (χ2v) is 8.39. The molecule has 2 N–H and O–H groups in total. The summed E-state index contributed by atoms with van der Waals surface area (Å²) in [5.41, 5.74) is 0. The third-order valence-corrected chi connectivity index (χ3v) is 6.36. The molecule has 2 aliphatic heterocycles. The van der Waals surface area contributed by atoms with Gasteiger partial charge in [0.2, 0.25) is 5.91 Å². The van der Waals surface area contributed by atoms with Gasteiger partial charge in [-0.05, 0) is 36.5 Å². The second-order valence-electron chi connectivity index (χ2n) is 8.39. The van der Waals surface area contributed by atoms with E-state index in [9.17, 15) is 4.79 Å². The van der Waals surface area contributed by atoms with Gasteiger partial charge in [0.1, 0.15) is 0 Å². The van der Waals surface area contributed by atoms with Gasteiger partial charge in [0.05, 0.1) is 19.4 Å². The quantitative estimate of drug-likeness (QED) is 0.726. The number of hydrogen-bond acceptors (Lipinski definition) is 6. The van der Waals surface area contributed by atoms with Gasteiger partial charge in [0.25, 0.3) is 6.47 Å². The van der Waals surface area contributed by atoms with Crippen LogP contribution in [0.4, 0.5) is 5.82 Å². The summed E-state index contributed by atoms with van der Waals surface area (Å²) < 4.78 is 5.85. The molecule has 4 rings (SSSR count). The molecule has 0 spiro atoms. The number of carbonyl (C=O) groups is 2. The fourth-order valence-electron chi connectivity index (χ4n) is 5.08. The lowest BCUT2D eigenvalue weighted by molar-refractivity contribution is -0.123. The molecule has 1 aromatic heterocycles. The van der Waals surface area contributed by atoms with E-state index in [1.54, 1.807) is 18.6 Å². The predicted molar refractivity (Wildman–Crippen MR) is 108 cm³/mol. The summed E-state index contributed by atoms with van der Waals surface area (Å²) in [4.78, 5) is 31.5. The van der Waals surface area contributed by atoms with Crippen LogP contribution in [0.15, 0.2) is 18.6 Å². The highest BCUT2D eigenvalue weighted by Gasteiger charge is 2.41. The maximum absolute atomic E-state index is 12.4. The van der Waals surface area contributed by atoms with E-state index in [0.717, 1.165) is 25.6 Å². The number of fused-ring (bicyclic) bond motifs is 1. The van der Waals surface area contributed by atoms with Crippen LogP contribution < -0.4 is 5.32 Å². The molecule has 3 fully saturated rings. The van der Waals surface area contributed by atoms with Gasteiger partial charge in [-0.15, -0.1) is 0 Å². The molecule has 1 aliphatic carbocycles. The summed E-state index contributed by atoms with van der Waals surface area (Å²) in [6.07, 6.45) is 12.3. The van der Waals surface area contributed by atoms with Crippen LogP contribution in [0.1, 0.15) is 38.5 Å². The first kappa shape index (κ1) is 21.6. The standard InChI is InChI=1S/C20H30N4O2.CH2O2/c25-20(23-19-9-21-6-7-22-19)8-16-13-26-14-17-11-24(12-18(16)17)10-15-4-2-1-3-5-15;2-1-3/h6-7,9,15-18H,1-5,8,10-14H2,(H,22,23,25);1H,(H,2,3)/t16-,17-,18+;/m1./s1. The Morgan fingerprint density at radius 1 is 1.24 bits per heavy atom. The molecule has 1 aromatic rings. The lowest BCUT2D eigenvalue weighted by Gasteiger charge is -2.32. The average molecular weight is 405 g/mol. The summed E-state index contributed by atoms with van der Waals surface area (Å²) in [6.45, 7) is 4.82. The molecule has 8 heteroatoms. The number of nitrogens with zero attached hydrogens (tertiary/aromatic N) is 3.